The third-order valence-electron chi connectivity index (χ3n) is 1.73. The number of carbonyl (C=O) groups excluding carboxylic acids is 1. The maximum atomic E-state index is 9.13. The fourth-order valence-electron chi connectivity index (χ4n) is 1.18. The second kappa shape index (κ2) is 5.02. The molecule has 2 nitrogen and oxygen atoms in total. The number of phenols is 1. The first-order valence-corrected chi connectivity index (χ1v) is 4.35. The quantitative estimate of drug-likeness (QED) is 0.645. The molecule has 0 saturated carbocycles. The van der Waals surface area contributed by atoms with E-state index in [0.29, 0.717) is 5.75 Å². The van der Waals surface area contributed by atoms with Crippen molar-refractivity contribution in [3.05, 3.63) is 42.5 Å². The van der Waals surface area contributed by atoms with Crippen molar-refractivity contribution in [3.8, 4) is 5.75 Å². The molecule has 0 saturated heterocycles. The molecule has 0 radical (unpaired) electrons. The zero-order chi connectivity index (χ0) is 10.4. The van der Waals surface area contributed by atoms with Crippen LogP contribution < -0.4 is 0 Å². The molecule has 0 spiro atoms. The summed E-state index contributed by atoms with van der Waals surface area (Å²) in [4.78, 5) is 8.81. The van der Waals surface area contributed by atoms with Gasteiger partial charge in [-0.3, -0.25) is 0 Å². The second-order valence-electron chi connectivity index (χ2n) is 2.77. The summed E-state index contributed by atoms with van der Waals surface area (Å²) in [5.74, 6) is 0.323. The normalized spacial score (nSPS) is 8.93. The van der Waals surface area contributed by atoms with Crippen LogP contribution in [0.5, 0.6) is 5.75 Å². The van der Waals surface area contributed by atoms with Gasteiger partial charge in [0.2, 0.25) is 0 Å². The molecule has 0 aliphatic rings. The standard InChI is InChI=1S/C10H8O.C2H4O/c11-10-6-5-8-3-1-2-4-9(8)7-10;1-2-3/h1-7,11H;2H,1H3. The third kappa shape index (κ3) is 2.59. The molecule has 72 valence electrons. The average Bonchev–Trinajstić information content (AvgIpc) is 2.19. The lowest BCUT2D eigenvalue weighted by Gasteiger charge is -1.96. The number of benzene rings is 2. The number of aldehydes is 1. The lowest BCUT2D eigenvalue weighted by atomic mass is 10.1. The number of hydrogen-bond acceptors (Lipinski definition) is 2. The minimum absolute atomic E-state index is 0.323. The van der Waals surface area contributed by atoms with E-state index in [1.165, 1.54) is 6.92 Å². The molecule has 0 fully saturated rings. The van der Waals surface area contributed by atoms with Crippen molar-refractivity contribution in [1.29, 1.82) is 0 Å². The molecule has 0 amide bonds. The minimum atomic E-state index is 0.323. The molecule has 2 aromatic rings. The van der Waals surface area contributed by atoms with E-state index in [1.807, 2.05) is 30.3 Å². The number of fused-ring (bicyclic) bond motifs is 1. The van der Waals surface area contributed by atoms with Gasteiger partial charge in [0.05, 0.1) is 0 Å². The van der Waals surface area contributed by atoms with Gasteiger partial charge in [-0.1, -0.05) is 30.3 Å². The smallest absolute Gasteiger partial charge is 0.116 e. The SMILES string of the molecule is CC=O.Oc1ccc2ccccc2c1. The maximum Gasteiger partial charge on any atom is 0.116 e. The molecule has 0 unspecified atom stereocenters. The fourth-order valence-corrected chi connectivity index (χ4v) is 1.18. The van der Waals surface area contributed by atoms with E-state index in [-0.39, 0.29) is 0 Å². The number of hydrogen-bond donors (Lipinski definition) is 1. The first-order valence-electron chi connectivity index (χ1n) is 4.35. The van der Waals surface area contributed by atoms with Crippen LogP contribution in [-0.4, -0.2) is 11.4 Å². The second-order valence-corrected chi connectivity index (χ2v) is 2.77. The van der Waals surface area contributed by atoms with Crippen LogP contribution in [-0.2, 0) is 4.79 Å². The molecular weight excluding hydrogens is 176 g/mol. The Balaban J connectivity index is 0.000000293. The molecule has 0 heterocycles. The van der Waals surface area contributed by atoms with Gasteiger partial charge in [-0.15, -0.1) is 0 Å². The lowest BCUT2D eigenvalue weighted by Crippen LogP contribution is -1.69. The van der Waals surface area contributed by atoms with Crippen molar-refractivity contribution >= 4 is 17.1 Å². The highest BCUT2D eigenvalue weighted by molar-refractivity contribution is 5.83. The van der Waals surface area contributed by atoms with E-state index in [1.54, 1.807) is 12.1 Å². The predicted molar refractivity (Wildman–Crippen MR) is 57.4 cm³/mol. The summed E-state index contributed by atoms with van der Waals surface area (Å²) >= 11 is 0. The summed E-state index contributed by atoms with van der Waals surface area (Å²) in [6, 6.07) is 13.3. The summed E-state index contributed by atoms with van der Waals surface area (Å²) in [6.45, 7) is 1.44. The van der Waals surface area contributed by atoms with Gasteiger partial charge < -0.3 is 9.90 Å². The van der Waals surface area contributed by atoms with Crippen LogP contribution in [0.3, 0.4) is 0 Å². The fraction of sp³-hybridized carbons (Fsp3) is 0.0833. The first kappa shape index (κ1) is 10.3. The monoisotopic (exact) mass is 188 g/mol. The van der Waals surface area contributed by atoms with E-state index in [0.717, 1.165) is 17.1 Å². The minimum Gasteiger partial charge on any atom is -0.508 e. The molecule has 2 rings (SSSR count). The van der Waals surface area contributed by atoms with Gasteiger partial charge in [-0.2, -0.15) is 0 Å². The van der Waals surface area contributed by atoms with Gasteiger partial charge >= 0.3 is 0 Å². The van der Waals surface area contributed by atoms with Crippen molar-refractivity contribution in [2.45, 2.75) is 6.92 Å². The van der Waals surface area contributed by atoms with E-state index < -0.39 is 0 Å². The highest BCUT2D eigenvalue weighted by atomic mass is 16.3. The van der Waals surface area contributed by atoms with Crippen LogP contribution in [0.25, 0.3) is 10.8 Å². The van der Waals surface area contributed by atoms with Gasteiger partial charge in [0, 0.05) is 0 Å². The Morgan fingerprint density at radius 3 is 2.29 bits per heavy atom. The van der Waals surface area contributed by atoms with Gasteiger partial charge in [0.25, 0.3) is 0 Å². The molecule has 2 aromatic carbocycles. The lowest BCUT2D eigenvalue weighted by molar-refractivity contribution is -0.106. The summed E-state index contributed by atoms with van der Waals surface area (Å²) in [5, 5.41) is 11.4. The zero-order valence-electron chi connectivity index (χ0n) is 7.97. The average molecular weight is 188 g/mol. The number of phenolic OH excluding ortho intramolecular Hbond substituents is 1. The van der Waals surface area contributed by atoms with Crippen molar-refractivity contribution in [1.82, 2.24) is 0 Å². The Morgan fingerprint density at radius 2 is 1.64 bits per heavy atom. The van der Waals surface area contributed by atoms with E-state index in [9.17, 15) is 0 Å². The van der Waals surface area contributed by atoms with E-state index in [4.69, 9.17) is 9.90 Å². The Hall–Kier alpha value is -1.83. The highest BCUT2D eigenvalue weighted by Gasteiger charge is 1.91. The molecular formula is C12H12O2. The van der Waals surface area contributed by atoms with Gasteiger partial charge in [-0.25, -0.2) is 0 Å². The molecule has 0 atom stereocenters. The van der Waals surface area contributed by atoms with Crippen molar-refractivity contribution < 1.29 is 9.90 Å². The van der Waals surface area contributed by atoms with Gasteiger partial charge in [0.15, 0.2) is 0 Å². The Kier molecular flexibility index (Phi) is 3.68. The van der Waals surface area contributed by atoms with Gasteiger partial charge in [-0.05, 0) is 29.8 Å². The number of aromatic hydroxyl groups is 1. The third-order valence-corrected chi connectivity index (χ3v) is 1.73. The Labute approximate surface area is 82.8 Å². The zero-order valence-corrected chi connectivity index (χ0v) is 7.97. The molecule has 0 aliphatic carbocycles. The number of rotatable bonds is 0. The van der Waals surface area contributed by atoms with E-state index >= 15 is 0 Å². The molecule has 0 aromatic heterocycles. The molecule has 1 N–H and O–H groups in total. The molecule has 0 bridgehead atoms. The van der Waals surface area contributed by atoms with Crippen molar-refractivity contribution in [3.63, 3.8) is 0 Å². The Bertz CT molecular complexity index is 421. The molecule has 0 aliphatic heterocycles. The number of carbonyl (C=O) groups is 1. The van der Waals surface area contributed by atoms with E-state index in [2.05, 4.69) is 0 Å². The maximum absolute atomic E-state index is 9.13. The molecule has 14 heavy (non-hydrogen) atoms. The largest absolute Gasteiger partial charge is 0.508 e. The topological polar surface area (TPSA) is 37.3 Å². The first-order chi connectivity index (χ1) is 6.77. The van der Waals surface area contributed by atoms with Crippen LogP contribution in [0.1, 0.15) is 6.92 Å². The van der Waals surface area contributed by atoms with Crippen LogP contribution in [0, 0.1) is 0 Å². The van der Waals surface area contributed by atoms with Gasteiger partial charge in [0.1, 0.15) is 12.0 Å². The van der Waals surface area contributed by atoms with Crippen molar-refractivity contribution in [2.24, 2.45) is 0 Å². The predicted octanol–water partition coefficient (Wildman–Crippen LogP) is 2.75. The summed E-state index contributed by atoms with van der Waals surface area (Å²) in [6.07, 6.45) is 0.750. The summed E-state index contributed by atoms with van der Waals surface area (Å²) in [5.41, 5.74) is 0. The van der Waals surface area contributed by atoms with Crippen LogP contribution in [0.15, 0.2) is 42.5 Å². The van der Waals surface area contributed by atoms with Crippen LogP contribution >= 0.6 is 0 Å². The summed E-state index contributed by atoms with van der Waals surface area (Å²) in [7, 11) is 0. The van der Waals surface area contributed by atoms with Crippen LogP contribution in [0.2, 0.25) is 0 Å². The van der Waals surface area contributed by atoms with Crippen molar-refractivity contribution in [2.75, 3.05) is 0 Å². The molecule has 2 heteroatoms. The summed E-state index contributed by atoms with van der Waals surface area (Å²) < 4.78 is 0. The van der Waals surface area contributed by atoms with Crippen LogP contribution in [0.4, 0.5) is 0 Å². The Morgan fingerprint density at radius 1 is 1.07 bits per heavy atom. The highest BCUT2D eigenvalue weighted by Crippen LogP contribution is 2.18.